The Morgan fingerprint density at radius 2 is 1.79 bits per heavy atom. The van der Waals surface area contributed by atoms with Crippen molar-refractivity contribution in [1.82, 2.24) is 9.97 Å². The highest BCUT2D eigenvalue weighted by atomic mass is 15.2. The van der Waals surface area contributed by atoms with Gasteiger partial charge in [-0.25, -0.2) is 9.97 Å². The first-order chi connectivity index (χ1) is 9.24. The lowest BCUT2D eigenvalue weighted by Crippen LogP contribution is -2.39. The maximum atomic E-state index is 4.50. The molecule has 0 bridgehead atoms. The van der Waals surface area contributed by atoms with Crippen molar-refractivity contribution in [2.75, 3.05) is 30.4 Å². The summed E-state index contributed by atoms with van der Waals surface area (Å²) >= 11 is 0. The quantitative estimate of drug-likeness (QED) is 0.887. The monoisotopic (exact) mass is 260 g/mol. The third kappa shape index (κ3) is 2.28. The zero-order valence-corrected chi connectivity index (χ0v) is 12.1. The van der Waals surface area contributed by atoms with Gasteiger partial charge in [-0.1, -0.05) is 12.8 Å². The van der Waals surface area contributed by atoms with E-state index in [0.29, 0.717) is 5.41 Å². The van der Waals surface area contributed by atoms with Crippen LogP contribution in [0, 0.1) is 12.3 Å². The predicted octanol–water partition coefficient (Wildman–Crippen LogP) is 2.99. The van der Waals surface area contributed by atoms with Gasteiger partial charge in [0.15, 0.2) is 0 Å². The summed E-state index contributed by atoms with van der Waals surface area (Å²) in [6, 6.07) is 0. The number of anilines is 2. The van der Waals surface area contributed by atoms with Gasteiger partial charge in [-0.3, -0.25) is 0 Å². The van der Waals surface area contributed by atoms with Gasteiger partial charge in [0.25, 0.3) is 0 Å². The van der Waals surface area contributed by atoms with Gasteiger partial charge in [0.1, 0.15) is 18.0 Å². The van der Waals surface area contributed by atoms with Gasteiger partial charge in [0.2, 0.25) is 0 Å². The van der Waals surface area contributed by atoms with Crippen molar-refractivity contribution in [3.63, 3.8) is 0 Å². The second kappa shape index (κ2) is 4.99. The van der Waals surface area contributed by atoms with E-state index in [1.807, 2.05) is 7.05 Å². The maximum Gasteiger partial charge on any atom is 0.137 e. The van der Waals surface area contributed by atoms with Crippen LogP contribution in [0.25, 0.3) is 0 Å². The molecule has 2 heterocycles. The van der Waals surface area contributed by atoms with E-state index in [4.69, 9.17) is 0 Å². The van der Waals surface area contributed by atoms with E-state index in [-0.39, 0.29) is 0 Å². The van der Waals surface area contributed by atoms with E-state index in [0.717, 1.165) is 24.7 Å². The van der Waals surface area contributed by atoms with Crippen LogP contribution in [0.3, 0.4) is 0 Å². The fraction of sp³-hybridized carbons (Fsp3) is 0.733. The van der Waals surface area contributed by atoms with E-state index in [9.17, 15) is 0 Å². The van der Waals surface area contributed by atoms with Gasteiger partial charge in [-0.05, 0) is 38.0 Å². The summed E-state index contributed by atoms with van der Waals surface area (Å²) in [5.41, 5.74) is 1.84. The molecule has 3 rings (SSSR count). The molecule has 2 aliphatic rings. The lowest BCUT2D eigenvalue weighted by Gasteiger charge is -2.40. The van der Waals surface area contributed by atoms with E-state index >= 15 is 0 Å². The van der Waals surface area contributed by atoms with Crippen LogP contribution in [0.2, 0.25) is 0 Å². The Hall–Kier alpha value is -1.32. The molecule has 2 fully saturated rings. The SMILES string of the molecule is CNc1ncnc(N2CCC3(CCCC3)CC2)c1C. The molecular weight excluding hydrogens is 236 g/mol. The fourth-order valence-electron chi connectivity index (χ4n) is 3.83. The van der Waals surface area contributed by atoms with E-state index in [1.165, 1.54) is 44.1 Å². The number of rotatable bonds is 2. The molecule has 0 aromatic carbocycles. The Labute approximate surface area is 115 Å². The van der Waals surface area contributed by atoms with Gasteiger partial charge in [0.05, 0.1) is 0 Å². The van der Waals surface area contributed by atoms with Crippen LogP contribution in [0.4, 0.5) is 11.6 Å². The Balaban J connectivity index is 1.74. The van der Waals surface area contributed by atoms with Crippen LogP contribution in [-0.2, 0) is 0 Å². The first kappa shape index (κ1) is 12.7. The van der Waals surface area contributed by atoms with Crippen LogP contribution in [0.1, 0.15) is 44.1 Å². The first-order valence-electron chi connectivity index (χ1n) is 7.48. The molecule has 0 amide bonds. The van der Waals surface area contributed by atoms with Crippen molar-refractivity contribution in [2.45, 2.75) is 45.4 Å². The summed E-state index contributed by atoms with van der Waals surface area (Å²) in [7, 11) is 1.92. The summed E-state index contributed by atoms with van der Waals surface area (Å²) in [5, 5.41) is 3.15. The van der Waals surface area contributed by atoms with Gasteiger partial charge < -0.3 is 10.2 Å². The topological polar surface area (TPSA) is 41.1 Å². The molecule has 4 heteroatoms. The van der Waals surface area contributed by atoms with Crippen LogP contribution in [-0.4, -0.2) is 30.1 Å². The van der Waals surface area contributed by atoms with Crippen molar-refractivity contribution in [2.24, 2.45) is 5.41 Å². The minimum Gasteiger partial charge on any atom is -0.373 e. The zero-order valence-electron chi connectivity index (χ0n) is 12.1. The smallest absolute Gasteiger partial charge is 0.137 e. The summed E-state index contributed by atoms with van der Waals surface area (Å²) < 4.78 is 0. The van der Waals surface area contributed by atoms with Gasteiger partial charge in [-0.2, -0.15) is 0 Å². The summed E-state index contributed by atoms with van der Waals surface area (Å²) in [4.78, 5) is 11.2. The normalized spacial score (nSPS) is 21.9. The number of hydrogen-bond acceptors (Lipinski definition) is 4. The van der Waals surface area contributed by atoms with E-state index < -0.39 is 0 Å². The molecule has 1 aliphatic carbocycles. The predicted molar refractivity (Wildman–Crippen MR) is 78.7 cm³/mol. The largest absolute Gasteiger partial charge is 0.373 e. The first-order valence-corrected chi connectivity index (χ1v) is 7.48. The van der Waals surface area contributed by atoms with Crippen molar-refractivity contribution in [1.29, 1.82) is 0 Å². The number of aromatic nitrogens is 2. The second-order valence-electron chi connectivity index (χ2n) is 6.12. The minimum absolute atomic E-state index is 0.670. The van der Waals surface area contributed by atoms with Crippen molar-refractivity contribution in [3.8, 4) is 0 Å². The molecule has 1 spiro atoms. The van der Waals surface area contributed by atoms with Crippen LogP contribution >= 0.6 is 0 Å². The van der Waals surface area contributed by atoms with Crippen molar-refractivity contribution in [3.05, 3.63) is 11.9 Å². The molecule has 104 valence electrons. The third-order valence-electron chi connectivity index (χ3n) is 5.08. The van der Waals surface area contributed by atoms with Crippen molar-refractivity contribution < 1.29 is 0 Å². The average molecular weight is 260 g/mol. The van der Waals surface area contributed by atoms with Crippen LogP contribution < -0.4 is 10.2 Å². The van der Waals surface area contributed by atoms with Gasteiger partial charge >= 0.3 is 0 Å². The zero-order chi connectivity index (χ0) is 13.3. The Morgan fingerprint density at radius 3 is 2.42 bits per heavy atom. The minimum atomic E-state index is 0.670. The van der Waals surface area contributed by atoms with Crippen LogP contribution in [0.5, 0.6) is 0 Å². The van der Waals surface area contributed by atoms with E-state index in [2.05, 4.69) is 27.1 Å². The lowest BCUT2D eigenvalue weighted by molar-refractivity contribution is 0.226. The third-order valence-corrected chi connectivity index (χ3v) is 5.08. The Kier molecular flexibility index (Phi) is 3.33. The Morgan fingerprint density at radius 1 is 1.11 bits per heavy atom. The molecule has 19 heavy (non-hydrogen) atoms. The molecule has 0 radical (unpaired) electrons. The maximum absolute atomic E-state index is 4.50. The molecule has 1 N–H and O–H groups in total. The number of piperidine rings is 1. The highest BCUT2D eigenvalue weighted by molar-refractivity contribution is 5.57. The molecule has 1 saturated heterocycles. The molecule has 1 saturated carbocycles. The lowest BCUT2D eigenvalue weighted by atomic mass is 9.77. The second-order valence-corrected chi connectivity index (χ2v) is 6.12. The fourth-order valence-corrected chi connectivity index (χ4v) is 3.83. The molecule has 1 aromatic heterocycles. The average Bonchev–Trinajstić information content (AvgIpc) is 2.89. The summed E-state index contributed by atoms with van der Waals surface area (Å²) in [6.07, 6.45) is 10.1. The number of nitrogens with one attached hydrogen (secondary N) is 1. The van der Waals surface area contributed by atoms with Gasteiger partial charge in [0, 0.05) is 25.7 Å². The molecular formula is C15H24N4. The van der Waals surface area contributed by atoms with Crippen molar-refractivity contribution >= 4 is 11.6 Å². The molecule has 4 nitrogen and oxygen atoms in total. The molecule has 1 aliphatic heterocycles. The summed E-state index contributed by atoms with van der Waals surface area (Å²) in [5.74, 6) is 2.07. The van der Waals surface area contributed by atoms with Gasteiger partial charge in [-0.15, -0.1) is 0 Å². The highest BCUT2D eigenvalue weighted by Crippen LogP contribution is 2.46. The van der Waals surface area contributed by atoms with Crippen LogP contribution in [0.15, 0.2) is 6.33 Å². The number of hydrogen-bond donors (Lipinski definition) is 1. The standard InChI is InChI=1S/C15H24N4/c1-12-13(16-2)17-11-18-14(12)19-9-7-15(8-10-19)5-3-4-6-15/h11H,3-10H2,1-2H3,(H,16,17,18). The molecule has 0 atom stereocenters. The molecule has 1 aromatic rings. The Bertz CT molecular complexity index is 441. The number of nitrogens with zero attached hydrogens (tertiary/aromatic N) is 3. The summed E-state index contributed by atoms with van der Waals surface area (Å²) in [6.45, 7) is 4.42. The van der Waals surface area contributed by atoms with E-state index in [1.54, 1.807) is 6.33 Å². The molecule has 0 unspecified atom stereocenters. The highest BCUT2D eigenvalue weighted by Gasteiger charge is 2.37.